The first-order chi connectivity index (χ1) is 9.35. The number of nitrogens with zero attached hydrogens (tertiary/aromatic N) is 5. The van der Waals surface area contributed by atoms with Crippen LogP contribution in [0.25, 0.3) is 0 Å². The molecule has 1 saturated heterocycles. The van der Waals surface area contributed by atoms with E-state index in [1.54, 1.807) is 0 Å². The van der Waals surface area contributed by atoms with E-state index in [9.17, 15) is 5.11 Å². The molecule has 0 spiro atoms. The maximum atomic E-state index is 9.53. The van der Waals surface area contributed by atoms with Gasteiger partial charge in [0.1, 0.15) is 0 Å². The molecule has 2 rings (SSSR count). The van der Waals surface area contributed by atoms with Gasteiger partial charge in [0.05, 0.1) is 13.2 Å². The molecular weight excluding hydrogens is 242 g/mol. The number of aryl methyl sites for hydroxylation is 1. The van der Waals surface area contributed by atoms with E-state index in [2.05, 4.69) is 27.3 Å². The number of aliphatic hydroxyl groups excluding tert-OH is 1. The molecule has 0 bridgehead atoms. The molecule has 1 aromatic rings. The van der Waals surface area contributed by atoms with E-state index >= 15 is 0 Å². The zero-order valence-corrected chi connectivity index (χ0v) is 11.8. The molecule has 0 saturated carbocycles. The maximum Gasteiger partial charge on any atom is 0.165 e. The van der Waals surface area contributed by atoms with Crippen LogP contribution in [0.1, 0.15) is 51.3 Å². The van der Waals surface area contributed by atoms with E-state index in [-0.39, 0.29) is 12.6 Å². The molecule has 19 heavy (non-hydrogen) atoms. The zero-order chi connectivity index (χ0) is 13.5. The highest BCUT2D eigenvalue weighted by molar-refractivity contribution is 4.85. The smallest absolute Gasteiger partial charge is 0.165 e. The number of hydrogen-bond donors (Lipinski definition) is 1. The van der Waals surface area contributed by atoms with Gasteiger partial charge in [0.2, 0.25) is 0 Å². The third-order valence-corrected chi connectivity index (χ3v) is 3.88. The van der Waals surface area contributed by atoms with Crippen LogP contribution in [0.2, 0.25) is 0 Å². The van der Waals surface area contributed by atoms with Crippen LogP contribution in [-0.4, -0.2) is 49.4 Å². The molecule has 0 radical (unpaired) electrons. The van der Waals surface area contributed by atoms with Gasteiger partial charge >= 0.3 is 0 Å². The van der Waals surface area contributed by atoms with Gasteiger partial charge in [-0.3, -0.25) is 4.90 Å². The first-order valence-corrected chi connectivity index (χ1v) is 7.45. The lowest BCUT2D eigenvalue weighted by Gasteiger charge is -2.27. The van der Waals surface area contributed by atoms with Crippen molar-refractivity contribution >= 4 is 0 Å². The fourth-order valence-corrected chi connectivity index (χ4v) is 2.65. The van der Waals surface area contributed by atoms with Crippen molar-refractivity contribution in [1.82, 2.24) is 25.1 Å². The molecule has 1 aliphatic rings. The largest absolute Gasteiger partial charge is 0.395 e. The van der Waals surface area contributed by atoms with Crippen molar-refractivity contribution in [3.8, 4) is 0 Å². The highest BCUT2D eigenvalue weighted by Crippen LogP contribution is 2.18. The van der Waals surface area contributed by atoms with Crippen LogP contribution < -0.4 is 0 Å². The molecule has 108 valence electrons. The van der Waals surface area contributed by atoms with Gasteiger partial charge in [-0.15, -0.1) is 5.10 Å². The molecule has 6 heteroatoms. The summed E-state index contributed by atoms with van der Waals surface area (Å²) in [6.45, 7) is 5.07. The molecule has 1 atom stereocenters. The van der Waals surface area contributed by atoms with E-state index < -0.39 is 0 Å². The second-order valence-electron chi connectivity index (χ2n) is 5.33. The fourth-order valence-electron chi connectivity index (χ4n) is 2.65. The van der Waals surface area contributed by atoms with Crippen molar-refractivity contribution in [2.24, 2.45) is 0 Å². The summed E-state index contributed by atoms with van der Waals surface area (Å²) in [6.07, 6.45) is 6.99. The molecule has 1 aromatic heterocycles. The molecule has 1 unspecified atom stereocenters. The molecule has 1 aliphatic heterocycles. The summed E-state index contributed by atoms with van der Waals surface area (Å²) in [7, 11) is 0. The van der Waals surface area contributed by atoms with Crippen LogP contribution >= 0.6 is 0 Å². The van der Waals surface area contributed by atoms with Crippen LogP contribution in [0, 0.1) is 0 Å². The first kappa shape index (κ1) is 14.4. The van der Waals surface area contributed by atoms with Crippen LogP contribution in [0.15, 0.2) is 0 Å². The van der Waals surface area contributed by atoms with Gasteiger partial charge in [-0.25, -0.2) is 4.68 Å². The number of rotatable bonds is 6. The molecule has 0 aliphatic carbocycles. The van der Waals surface area contributed by atoms with Crippen LogP contribution in [0.3, 0.4) is 0 Å². The van der Waals surface area contributed by atoms with E-state index in [1.807, 2.05) is 4.68 Å². The zero-order valence-electron chi connectivity index (χ0n) is 11.8. The van der Waals surface area contributed by atoms with Gasteiger partial charge in [-0.05, 0) is 36.2 Å². The first-order valence-electron chi connectivity index (χ1n) is 7.45. The molecule has 6 nitrogen and oxygen atoms in total. The molecule has 1 fully saturated rings. The second-order valence-corrected chi connectivity index (χ2v) is 5.33. The molecule has 0 amide bonds. The minimum Gasteiger partial charge on any atom is -0.395 e. The van der Waals surface area contributed by atoms with Gasteiger partial charge in [0, 0.05) is 12.6 Å². The highest BCUT2D eigenvalue weighted by atomic mass is 16.3. The summed E-state index contributed by atoms with van der Waals surface area (Å²) >= 11 is 0. The summed E-state index contributed by atoms with van der Waals surface area (Å²) < 4.78 is 1.91. The Morgan fingerprint density at radius 3 is 3.00 bits per heavy atom. The third-order valence-electron chi connectivity index (χ3n) is 3.88. The lowest BCUT2D eigenvalue weighted by atomic mass is 10.1. The Morgan fingerprint density at radius 1 is 1.32 bits per heavy atom. The van der Waals surface area contributed by atoms with Crippen molar-refractivity contribution in [3.63, 3.8) is 0 Å². The molecule has 0 aromatic carbocycles. The highest BCUT2D eigenvalue weighted by Gasteiger charge is 2.22. The van der Waals surface area contributed by atoms with Gasteiger partial charge in [0.25, 0.3) is 0 Å². The van der Waals surface area contributed by atoms with Gasteiger partial charge in [-0.1, -0.05) is 26.2 Å². The summed E-state index contributed by atoms with van der Waals surface area (Å²) in [6, 6.07) is 0.263. The van der Waals surface area contributed by atoms with Crippen LogP contribution in [-0.2, 0) is 13.1 Å². The summed E-state index contributed by atoms with van der Waals surface area (Å²) in [4.78, 5) is 2.33. The Morgan fingerprint density at radius 2 is 2.21 bits per heavy atom. The van der Waals surface area contributed by atoms with Crippen molar-refractivity contribution in [3.05, 3.63) is 5.82 Å². The minimum atomic E-state index is 0.233. The average Bonchev–Trinajstić information content (AvgIpc) is 2.73. The van der Waals surface area contributed by atoms with Crippen molar-refractivity contribution in [1.29, 1.82) is 0 Å². The molecule has 1 N–H and O–H groups in total. The number of hydrogen-bond acceptors (Lipinski definition) is 5. The summed E-state index contributed by atoms with van der Waals surface area (Å²) in [5.74, 6) is 0.925. The third kappa shape index (κ3) is 3.98. The normalized spacial score (nSPS) is 21.5. The van der Waals surface area contributed by atoms with E-state index in [0.29, 0.717) is 0 Å². The Bertz CT molecular complexity index is 368. The summed E-state index contributed by atoms with van der Waals surface area (Å²) in [5.41, 5.74) is 0. The fraction of sp³-hybridized carbons (Fsp3) is 0.923. The van der Waals surface area contributed by atoms with Crippen LogP contribution in [0.4, 0.5) is 0 Å². The van der Waals surface area contributed by atoms with Gasteiger partial charge in [-0.2, -0.15) is 0 Å². The number of aliphatic hydroxyl groups is 1. The molecule has 2 heterocycles. The standard InChI is InChI=1S/C13H25N5O/c1-2-3-9-18-13(14-15-16-18)10-17-8-6-4-5-7-12(17)11-19/h12,19H,2-11H2,1H3. The SMILES string of the molecule is CCCCn1nnnc1CN1CCCCCC1CO. The lowest BCUT2D eigenvalue weighted by molar-refractivity contribution is 0.114. The van der Waals surface area contributed by atoms with Gasteiger partial charge < -0.3 is 5.11 Å². The quantitative estimate of drug-likeness (QED) is 0.839. The minimum absolute atomic E-state index is 0.233. The van der Waals surface area contributed by atoms with Crippen LogP contribution in [0.5, 0.6) is 0 Å². The topological polar surface area (TPSA) is 67.1 Å². The Balaban J connectivity index is 1.99. The predicted octanol–water partition coefficient (Wildman–Crippen LogP) is 1.21. The van der Waals surface area contributed by atoms with Crippen molar-refractivity contribution < 1.29 is 5.11 Å². The predicted molar refractivity (Wildman–Crippen MR) is 72.5 cm³/mol. The number of aromatic nitrogens is 4. The van der Waals surface area contributed by atoms with E-state index in [1.165, 1.54) is 19.3 Å². The Labute approximate surface area is 114 Å². The lowest BCUT2D eigenvalue weighted by Crippen LogP contribution is -2.37. The van der Waals surface area contributed by atoms with Gasteiger partial charge in [0.15, 0.2) is 5.82 Å². The summed E-state index contributed by atoms with van der Waals surface area (Å²) in [5, 5.41) is 21.5. The second kappa shape index (κ2) is 7.55. The van der Waals surface area contributed by atoms with Crippen molar-refractivity contribution in [2.75, 3.05) is 13.2 Å². The Kier molecular flexibility index (Phi) is 5.72. The number of unbranched alkanes of at least 4 members (excludes halogenated alkanes) is 1. The molecular formula is C13H25N5O. The van der Waals surface area contributed by atoms with Crippen molar-refractivity contribution in [2.45, 2.75) is 64.6 Å². The monoisotopic (exact) mass is 267 g/mol. The van der Waals surface area contributed by atoms with E-state index in [4.69, 9.17) is 0 Å². The number of tetrazole rings is 1. The average molecular weight is 267 g/mol. The maximum absolute atomic E-state index is 9.53. The number of likely N-dealkylation sites (tertiary alicyclic amines) is 1. The van der Waals surface area contributed by atoms with E-state index in [0.717, 1.165) is 44.7 Å². The Hall–Kier alpha value is -1.01.